The largest absolute Gasteiger partial charge is 0.373 e. The van der Waals surface area contributed by atoms with Crippen molar-refractivity contribution in [3.05, 3.63) is 46.0 Å². The van der Waals surface area contributed by atoms with Gasteiger partial charge in [0, 0.05) is 43.2 Å². The van der Waals surface area contributed by atoms with E-state index < -0.39 is 0 Å². The van der Waals surface area contributed by atoms with Crippen molar-refractivity contribution in [3.63, 3.8) is 0 Å². The number of halogens is 2. The molecule has 2 aromatic rings. The van der Waals surface area contributed by atoms with E-state index in [-0.39, 0.29) is 33.5 Å². The van der Waals surface area contributed by atoms with Crippen LogP contribution in [0.25, 0.3) is 0 Å². The Morgan fingerprint density at radius 3 is 2.82 bits per heavy atom. The maximum Gasteiger partial charge on any atom is 0.254 e. The third-order valence-corrected chi connectivity index (χ3v) is 4.24. The van der Waals surface area contributed by atoms with Crippen molar-refractivity contribution in [1.82, 2.24) is 20.5 Å². The molecule has 0 unspecified atom stereocenters. The van der Waals surface area contributed by atoms with Crippen LogP contribution in [-0.2, 0) is 4.74 Å². The van der Waals surface area contributed by atoms with E-state index >= 15 is 0 Å². The van der Waals surface area contributed by atoms with Crippen molar-refractivity contribution >= 4 is 29.1 Å². The summed E-state index contributed by atoms with van der Waals surface area (Å²) in [7, 11) is 0. The SMILES string of the molecule is O=C(NC[C@H]1CCO[C@@H]1c1cn[nH]c1)c1c(Cl)cncc1Cl. The van der Waals surface area contributed by atoms with Crippen molar-refractivity contribution in [2.75, 3.05) is 13.2 Å². The summed E-state index contributed by atoms with van der Waals surface area (Å²) in [4.78, 5) is 16.1. The van der Waals surface area contributed by atoms with Gasteiger partial charge in [-0.3, -0.25) is 14.9 Å². The van der Waals surface area contributed by atoms with E-state index in [0.29, 0.717) is 13.2 Å². The summed E-state index contributed by atoms with van der Waals surface area (Å²) >= 11 is 12.0. The highest BCUT2D eigenvalue weighted by Crippen LogP contribution is 2.33. The predicted octanol–water partition coefficient (Wildman–Crippen LogP) is 2.62. The Morgan fingerprint density at radius 1 is 1.36 bits per heavy atom. The van der Waals surface area contributed by atoms with Gasteiger partial charge in [-0.2, -0.15) is 5.10 Å². The highest BCUT2D eigenvalue weighted by atomic mass is 35.5. The minimum atomic E-state index is -0.310. The van der Waals surface area contributed by atoms with Crippen LogP contribution in [0.4, 0.5) is 0 Å². The lowest BCUT2D eigenvalue weighted by molar-refractivity contribution is 0.0846. The summed E-state index contributed by atoms with van der Waals surface area (Å²) in [5.74, 6) is -0.129. The Kier molecular flexibility index (Phi) is 4.61. The number of nitrogens with one attached hydrogen (secondary N) is 2. The van der Waals surface area contributed by atoms with Crippen LogP contribution in [0.15, 0.2) is 24.8 Å². The molecule has 0 bridgehead atoms. The first kappa shape index (κ1) is 15.3. The molecule has 116 valence electrons. The zero-order chi connectivity index (χ0) is 15.5. The number of H-pyrrole nitrogens is 1. The highest BCUT2D eigenvalue weighted by Gasteiger charge is 2.30. The number of carbonyl (C=O) groups is 1. The van der Waals surface area contributed by atoms with Crippen LogP contribution in [0.3, 0.4) is 0 Å². The molecule has 0 saturated carbocycles. The molecule has 3 rings (SSSR count). The fourth-order valence-electron chi connectivity index (χ4n) is 2.57. The minimum Gasteiger partial charge on any atom is -0.373 e. The van der Waals surface area contributed by atoms with Crippen LogP contribution < -0.4 is 5.32 Å². The van der Waals surface area contributed by atoms with Crippen LogP contribution in [0.5, 0.6) is 0 Å². The van der Waals surface area contributed by atoms with Gasteiger partial charge in [0.1, 0.15) is 0 Å². The molecule has 6 nitrogen and oxygen atoms in total. The van der Waals surface area contributed by atoms with Crippen molar-refractivity contribution in [3.8, 4) is 0 Å². The van der Waals surface area contributed by atoms with E-state index in [0.717, 1.165) is 12.0 Å². The summed E-state index contributed by atoms with van der Waals surface area (Å²) in [5, 5.41) is 10.0. The number of aromatic nitrogens is 3. The smallest absolute Gasteiger partial charge is 0.254 e. The van der Waals surface area contributed by atoms with Crippen molar-refractivity contribution in [2.24, 2.45) is 5.92 Å². The fraction of sp³-hybridized carbons (Fsp3) is 0.357. The molecule has 3 heterocycles. The Bertz CT molecular complexity index is 643. The first-order chi connectivity index (χ1) is 10.7. The third-order valence-electron chi connectivity index (χ3n) is 3.67. The minimum absolute atomic E-state index is 0.0672. The van der Waals surface area contributed by atoms with E-state index in [9.17, 15) is 4.79 Å². The van der Waals surface area contributed by atoms with Gasteiger partial charge >= 0.3 is 0 Å². The quantitative estimate of drug-likeness (QED) is 0.896. The molecule has 22 heavy (non-hydrogen) atoms. The first-order valence-electron chi connectivity index (χ1n) is 6.84. The van der Waals surface area contributed by atoms with Crippen LogP contribution in [0, 0.1) is 5.92 Å². The Morgan fingerprint density at radius 2 is 2.14 bits per heavy atom. The van der Waals surface area contributed by atoms with Crippen LogP contribution in [0.2, 0.25) is 10.0 Å². The molecule has 2 N–H and O–H groups in total. The monoisotopic (exact) mass is 340 g/mol. The topological polar surface area (TPSA) is 79.9 Å². The van der Waals surface area contributed by atoms with Gasteiger partial charge in [0.05, 0.1) is 27.9 Å². The lowest BCUT2D eigenvalue weighted by atomic mass is 9.97. The first-order valence-corrected chi connectivity index (χ1v) is 7.60. The fourth-order valence-corrected chi connectivity index (χ4v) is 3.10. The number of pyridine rings is 1. The molecular weight excluding hydrogens is 327 g/mol. The summed E-state index contributed by atoms with van der Waals surface area (Å²) in [5.41, 5.74) is 1.23. The van der Waals surface area contributed by atoms with Crippen LogP contribution >= 0.6 is 23.2 Å². The van der Waals surface area contributed by atoms with E-state index in [1.165, 1.54) is 12.4 Å². The molecule has 1 aliphatic rings. The molecule has 0 spiro atoms. The Labute approximate surface area is 137 Å². The average Bonchev–Trinajstić information content (AvgIpc) is 3.15. The molecular formula is C14H14Cl2N4O2. The Balaban J connectivity index is 1.66. The van der Waals surface area contributed by atoms with Gasteiger partial charge in [0.2, 0.25) is 0 Å². The normalized spacial score (nSPS) is 21.0. The molecule has 0 aromatic carbocycles. The second kappa shape index (κ2) is 6.64. The van der Waals surface area contributed by atoms with Gasteiger partial charge in [0.25, 0.3) is 5.91 Å². The van der Waals surface area contributed by atoms with E-state index in [4.69, 9.17) is 27.9 Å². The maximum absolute atomic E-state index is 12.3. The van der Waals surface area contributed by atoms with Gasteiger partial charge in [-0.05, 0) is 6.42 Å². The second-order valence-corrected chi connectivity index (χ2v) is 5.87. The van der Waals surface area contributed by atoms with E-state index in [1.807, 2.05) is 0 Å². The molecule has 8 heteroatoms. The van der Waals surface area contributed by atoms with Gasteiger partial charge < -0.3 is 10.1 Å². The van der Waals surface area contributed by atoms with Gasteiger partial charge in [-0.1, -0.05) is 23.2 Å². The molecule has 1 amide bonds. The average molecular weight is 341 g/mol. The molecule has 0 aliphatic carbocycles. The molecule has 0 radical (unpaired) electrons. The van der Waals surface area contributed by atoms with Gasteiger partial charge in [-0.15, -0.1) is 0 Å². The molecule has 2 aromatic heterocycles. The molecule has 1 saturated heterocycles. The van der Waals surface area contributed by atoms with Crippen LogP contribution in [-0.4, -0.2) is 34.2 Å². The number of hydrogen-bond acceptors (Lipinski definition) is 4. The number of rotatable bonds is 4. The van der Waals surface area contributed by atoms with Gasteiger partial charge in [-0.25, -0.2) is 0 Å². The number of aromatic amines is 1. The lowest BCUT2D eigenvalue weighted by Crippen LogP contribution is -2.31. The molecule has 1 fully saturated rings. The number of ether oxygens (including phenoxy) is 1. The third kappa shape index (κ3) is 3.09. The molecule has 1 aliphatic heterocycles. The van der Waals surface area contributed by atoms with E-state index in [2.05, 4.69) is 20.5 Å². The maximum atomic E-state index is 12.3. The summed E-state index contributed by atoms with van der Waals surface area (Å²) in [6, 6.07) is 0. The standard InChI is InChI=1S/C14H14Cl2N4O2/c15-10-6-17-7-11(16)12(10)14(21)18-3-8-1-2-22-13(8)9-4-19-20-5-9/h4-8,13H,1-3H2,(H,18,21)(H,19,20)/t8-,13+/m1/s1. The summed E-state index contributed by atoms with van der Waals surface area (Å²) in [6.45, 7) is 1.14. The van der Waals surface area contributed by atoms with Gasteiger partial charge in [0.15, 0.2) is 0 Å². The van der Waals surface area contributed by atoms with Crippen molar-refractivity contribution < 1.29 is 9.53 Å². The Hall–Kier alpha value is -1.63. The number of amides is 1. The summed E-state index contributed by atoms with van der Waals surface area (Å²) in [6.07, 6.45) is 7.14. The van der Waals surface area contributed by atoms with Crippen molar-refractivity contribution in [1.29, 1.82) is 0 Å². The van der Waals surface area contributed by atoms with E-state index in [1.54, 1.807) is 12.4 Å². The summed E-state index contributed by atoms with van der Waals surface area (Å²) < 4.78 is 5.72. The number of hydrogen-bond donors (Lipinski definition) is 2. The highest BCUT2D eigenvalue weighted by molar-refractivity contribution is 6.39. The molecule has 2 atom stereocenters. The number of nitrogens with zero attached hydrogens (tertiary/aromatic N) is 2. The van der Waals surface area contributed by atoms with Crippen LogP contribution in [0.1, 0.15) is 28.4 Å². The predicted molar refractivity (Wildman–Crippen MR) is 82.0 cm³/mol. The second-order valence-electron chi connectivity index (χ2n) is 5.06. The zero-order valence-electron chi connectivity index (χ0n) is 11.6. The number of carbonyl (C=O) groups excluding carboxylic acids is 1. The lowest BCUT2D eigenvalue weighted by Gasteiger charge is -2.18. The zero-order valence-corrected chi connectivity index (χ0v) is 13.1. The van der Waals surface area contributed by atoms with Crippen molar-refractivity contribution in [2.45, 2.75) is 12.5 Å².